The molecule has 0 aliphatic rings. The van der Waals surface area contributed by atoms with E-state index in [0.717, 1.165) is 5.56 Å². The van der Waals surface area contributed by atoms with Gasteiger partial charge in [-0.25, -0.2) is 9.97 Å². The molecule has 3 aromatic rings. The fraction of sp³-hybridized carbons (Fsp3) is 0.211. The maximum atomic E-state index is 10.7. The highest BCUT2D eigenvalue weighted by molar-refractivity contribution is 7.98. The Morgan fingerprint density at radius 2 is 2.15 bits per heavy atom. The van der Waals surface area contributed by atoms with E-state index in [9.17, 15) is 5.11 Å². The number of ether oxygens (including phenoxy) is 1. The van der Waals surface area contributed by atoms with Gasteiger partial charge in [-0.05, 0) is 30.0 Å². The van der Waals surface area contributed by atoms with Crippen LogP contribution in [0.25, 0.3) is 0 Å². The van der Waals surface area contributed by atoms with Crippen LogP contribution >= 0.6 is 23.4 Å². The van der Waals surface area contributed by atoms with E-state index in [-0.39, 0.29) is 0 Å². The van der Waals surface area contributed by atoms with Crippen LogP contribution in [0.15, 0.2) is 54.1 Å². The number of anilines is 1. The smallest absolute Gasteiger partial charge is 0.189 e. The van der Waals surface area contributed by atoms with Gasteiger partial charge in [-0.3, -0.25) is 4.98 Å². The molecular weight excluding hydrogens is 384 g/mol. The normalized spacial score (nSPS) is 11.9. The molecule has 140 valence electrons. The van der Waals surface area contributed by atoms with E-state index < -0.39 is 6.10 Å². The number of aromatic nitrogens is 3. The largest absolute Gasteiger partial charge is 0.495 e. The molecule has 0 aliphatic heterocycles. The molecule has 8 heteroatoms. The number of pyridine rings is 1. The molecule has 2 aromatic heterocycles. The van der Waals surface area contributed by atoms with Crippen molar-refractivity contribution < 1.29 is 9.84 Å². The van der Waals surface area contributed by atoms with E-state index in [1.165, 1.54) is 11.8 Å². The summed E-state index contributed by atoms with van der Waals surface area (Å²) in [5.41, 5.74) is 2.22. The maximum Gasteiger partial charge on any atom is 0.189 e. The molecule has 1 unspecified atom stereocenters. The molecule has 0 radical (unpaired) electrons. The fourth-order valence-corrected chi connectivity index (χ4v) is 3.16. The molecule has 2 N–H and O–H groups in total. The molecule has 0 fully saturated rings. The van der Waals surface area contributed by atoms with E-state index in [0.29, 0.717) is 39.4 Å². The van der Waals surface area contributed by atoms with Gasteiger partial charge in [0.25, 0.3) is 0 Å². The van der Waals surface area contributed by atoms with E-state index in [1.54, 1.807) is 31.8 Å². The number of methoxy groups -OCH3 is 1. The van der Waals surface area contributed by atoms with Gasteiger partial charge in [-0.1, -0.05) is 35.5 Å². The van der Waals surface area contributed by atoms with E-state index in [1.807, 2.05) is 30.5 Å². The van der Waals surface area contributed by atoms with Crippen molar-refractivity contribution in [1.29, 1.82) is 0 Å². The topological polar surface area (TPSA) is 80.2 Å². The van der Waals surface area contributed by atoms with Gasteiger partial charge in [0.2, 0.25) is 0 Å². The van der Waals surface area contributed by atoms with Crippen LogP contribution in [0.3, 0.4) is 0 Å². The van der Waals surface area contributed by atoms with Crippen molar-refractivity contribution in [2.75, 3.05) is 18.7 Å². The lowest BCUT2D eigenvalue weighted by Gasteiger charge is -2.16. The Morgan fingerprint density at radius 1 is 1.30 bits per heavy atom. The van der Waals surface area contributed by atoms with Gasteiger partial charge in [0, 0.05) is 36.3 Å². The van der Waals surface area contributed by atoms with Gasteiger partial charge in [0.1, 0.15) is 17.7 Å². The van der Waals surface area contributed by atoms with Gasteiger partial charge in [-0.2, -0.15) is 0 Å². The number of halogens is 1. The van der Waals surface area contributed by atoms with Crippen LogP contribution in [-0.4, -0.2) is 33.4 Å². The second kappa shape index (κ2) is 9.03. The third-order valence-electron chi connectivity index (χ3n) is 3.95. The van der Waals surface area contributed by atoms with Crippen molar-refractivity contribution in [2.45, 2.75) is 17.8 Å². The molecule has 0 spiro atoms. The number of nitrogens with zero attached hydrogens (tertiary/aromatic N) is 3. The van der Waals surface area contributed by atoms with Crippen LogP contribution in [-0.2, 0) is 6.54 Å². The first kappa shape index (κ1) is 19.4. The molecule has 1 atom stereocenters. The zero-order valence-corrected chi connectivity index (χ0v) is 16.5. The SMILES string of the molecule is COc1ccc(CNc2nc(SC)ncc2C(O)c2cccnc2)cc1Cl. The maximum absolute atomic E-state index is 10.7. The van der Waals surface area contributed by atoms with Gasteiger partial charge < -0.3 is 15.2 Å². The number of nitrogens with one attached hydrogen (secondary N) is 1. The van der Waals surface area contributed by atoms with Gasteiger partial charge in [0.05, 0.1) is 12.1 Å². The molecule has 0 amide bonds. The van der Waals surface area contributed by atoms with Crippen molar-refractivity contribution in [2.24, 2.45) is 0 Å². The van der Waals surface area contributed by atoms with Crippen molar-refractivity contribution >= 4 is 29.2 Å². The lowest BCUT2D eigenvalue weighted by molar-refractivity contribution is 0.219. The predicted molar refractivity (Wildman–Crippen MR) is 107 cm³/mol. The Balaban J connectivity index is 1.86. The molecule has 2 heterocycles. The first-order valence-corrected chi connectivity index (χ1v) is 9.78. The fourth-order valence-electron chi connectivity index (χ4n) is 2.54. The molecule has 0 bridgehead atoms. The molecule has 0 aliphatic carbocycles. The molecule has 3 rings (SSSR count). The Morgan fingerprint density at radius 3 is 2.81 bits per heavy atom. The number of aliphatic hydroxyl groups excluding tert-OH is 1. The van der Waals surface area contributed by atoms with Gasteiger partial charge in [0.15, 0.2) is 5.16 Å². The predicted octanol–water partition coefficient (Wildman–Crippen LogP) is 3.95. The van der Waals surface area contributed by atoms with Crippen LogP contribution in [0.4, 0.5) is 5.82 Å². The minimum Gasteiger partial charge on any atom is -0.495 e. The average molecular weight is 403 g/mol. The monoisotopic (exact) mass is 402 g/mol. The Bertz CT molecular complexity index is 911. The Labute approximate surface area is 167 Å². The van der Waals surface area contributed by atoms with Crippen molar-refractivity contribution in [1.82, 2.24) is 15.0 Å². The molecule has 6 nitrogen and oxygen atoms in total. The van der Waals surface area contributed by atoms with Crippen LogP contribution in [0.5, 0.6) is 5.75 Å². The minimum absolute atomic E-state index is 0.487. The summed E-state index contributed by atoms with van der Waals surface area (Å²) >= 11 is 7.63. The summed E-state index contributed by atoms with van der Waals surface area (Å²) in [5.74, 6) is 1.19. The quantitative estimate of drug-likeness (QED) is 0.457. The van der Waals surface area contributed by atoms with E-state index in [4.69, 9.17) is 16.3 Å². The number of aliphatic hydroxyl groups is 1. The van der Waals surface area contributed by atoms with E-state index in [2.05, 4.69) is 20.3 Å². The third-order valence-corrected chi connectivity index (χ3v) is 4.81. The molecular formula is C19H19ClN4O2S. The number of rotatable bonds is 7. The summed E-state index contributed by atoms with van der Waals surface area (Å²) in [5, 5.41) is 15.2. The zero-order valence-electron chi connectivity index (χ0n) is 14.9. The molecule has 0 saturated heterocycles. The van der Waals surface area contributed by atoms with Crippen LogP contribution in [0.2, 0.25) is 5.02 Å². The number of hydrogen-bond acceptors (Lipinski definition) is 7. The zero-order chi connectivity index (χ0) is 19.2. The summed E-state index contributed by atoms with van der Waals surface area (Å²) in [6.07, 6.45) is 5.95. The molecule has 0 saturated carbocycles. The minimum atomic E-state index is -0.878. The lowest BCUT2D eigenvalue weighted by atomic mass is 10.1. The van der Waals surface area contributed by atoms with Crippen molar-refractivity contribution in [3.63, 3.8) is 0 Å². The Kier molecular flexibility index (Phi) is 6.49. The lowest BCUT2D eigenvalue weighted by Crippen LogP contribution is -2.10. The summed E-state index contributed by atoms with van der Waals surface area (Å²) in [7, 11) is 1.58. The number of benzene rings is 1. The second-order valence-electron chi connectivity index (χ2n) is 5.67. The standard InChI is InChI=1S/C19H19ClN4O2S/c1-26-16-6-5-12(8-15(16)20)9-22-18-14(11-23-19(24-18)27-2)17(25)13-4-3-7-21-10-13/h3-8,10-11,17,25H,9H2,1-2H3,(H,22,23,24). The van der Waals surface area contributed by atoms with Crippen molar-refractivity contribution in [3.8, 4) is 5.75 Å². The summed E-state index contributed by atoms with van der Waals surface area (Å²) in [6, 6.07) is 9.17. The van der Waals surface area contributed by atoms with Gasteiger partial charge >= 0.3 is 0 Å². The highest BCUT2D eigenvalue weighted by atomic mass is 35.5. The van der Waals surface area contributed by atoms with Gasteiger partial charge in [-0.15, -0.1) is 0 Å². The molecule has 27 heavy (non-hydrogen) atoms. The first-order chi connectivity index (χ1) is 13.1. The average Bonchev–Trinajstić information content (AvgIpc) is 2.72. The van der Waals surface area contributed by atoms with E-state index >= 15 is 0 Å². The first-order valence-electron chi connectivity index (χ1n) is 8.17. The molecule has 1 aromatic carbocycles. The van der Waals surface area contributed by atoms with Crippen molar-refractivity contribution in [3.05, 3.63) is 70.6 Å². The number of hydrogen-bond donors (Lipinski definition) is 2. The van der Waals surface area contributed by atoms with Crippen LogP contribution in [0, 0.1) is 0 Å². The summed E-state index contributed by atoms with van der Waals surface area (Å²) in [6.45, 7) is 0.487. The Hall–Kier alpha value is -2.35. The summed E-state index contributed by atoms with van der Waals surface area (Å²) in [4.78, 5) is 12.9. The third kappa shape index (κ3) is 4.68. The second-order valence-corrected chi connectivity index (χ2v) is 6.85. The van der Waals surface area contributed by atoms with Crippen LogP contribution < -0.4 is 10.1 Å². The highest BCUT2D eigenvalue weighted by Gasteiger charge is 2.17. The van der Waals surface area contributed by atoms with Crippen LogP contribution in [0.1, 0.15) is 22.8 Å². The summed E-state index contributed by atoms with van der Waals surface area (Å²) < 4.78 is 5.18. The highest BCUT2D eigenvalue weighted by Crippen LogP contribution is 2.29. The number of thioether (sulfide) groups is 1.